The van der Waals surface area contributed by atoms with E-state index in [1.165, 1.54) is 18.9 Å². The molecule has 2 aliphatic heterocycles. The predicted molar refractivity (Wildman–Crippen MR) is 143 cm³/mol. The lowest BCUT2D eigenvalue weighted by Gasteiger charge is -2.39. The Balaban J connectivity index is 1.53. The minimum Gasteiger partial charge on any atom is -0.468 e. The molecule has 2 aliphatic carbocycles. The van der Waals surface area contributed by atoms with Crippen LogP contribution in [0, 0.1) is 11.8 Å². The minimum absolute atomic E-state index is 0.152. The second-order valence-corrected chi connectivity index (χ2v) is 14.7. The number of nitrogens with zero attached hydrogens (tertiary/aromatic N) is 2. The van der Waals surface area contributed by atoms with Crippen molar-refractivity contribution in [3.8, 4) is 0 Å². The Bertz CT molecular complexity index is 918. The molecule has 4 fully saturated rings. The summed E-state index contributed by atoms with van der Waals surface area (Å²) in [6.45, 7) is 3.40. The fourth-order valence-electron chi connectivity index (χ4n) is 6.54. The molecule has 37 heavy (non-hydrogen) atoms. The number of amides is 1. The number of halogens is 2. The van der Waals surface area contributed by atoms with Gasteiger partial charge in [0.25, 0.3) is 0 Å². The van der Waals surface area contributed by atoms with Crippen molar-refractivity contribution in [2.24, 2.45) is 11.8 Å². The van der Waals surface area contributed by atoms with Gasteiger partial charge in [0, 0.05) is 30.6 Å². The van der Waals surface area contributed by atoms with E-state index in [4.69, 9.17) is 16.3 Å². The molecule has 0 bridgehead atoms. The van der Waals surface area contributed by atoms with Crippen LogP contribution in [0.1, 0.15) is 71.1 Å². The van der Waals surface area contributed by atoms with Crippen molar-refractivity contribution in [2.45, 2.75) is 105 Å². The van der Waals surface area contributed by atoms with E-state index in [2.05, 4.69) is 12.2 Å². The third-order valence-corrected chi connectivity index (χ3v) is 12.8. The quantitative estimate of drug-likeness (QED) is 0.253. The maximum atomic E-state index is 14.6. The third-order valence-electron chi connectivity index (χ3n) is 8.49. The molecule has 1 amide bonds. The topological polar surface area (TPSA) is 96.0 Å². The highest BCUT2D eigenvalue weighted by atomic mass is 35.5. The van der Waals surface area contributed by atoms with Crippen molar-refractivity contribution in [1.82, 2.24) is 14.7 Å². The average Bonchev–Trinajstić information content (AvgIpc) is 3.49. The fourth-order valence-corrected chi connectivity index (χ4v) is 11.2. The number of carbonyl (C=O) groups is 2. The summed E-state index contributed by atoms with van der Waals surface area (Å²) in [4.78, 5) is 25.4. The van der Waals surface area contributed by atoms with Crippen LogP contribution in [0.3, 0.4) is 0 Å². The number of sulfonamides is 1. The summed E-state index contributed by atoms with van der Waals surface area (Å²) in [7, 11) is -2.55. The van der Waals surface area contributed by atoms with E-state index < -0.39 is 44.0 Å². The molecular weight excluding hydrogens is 541 g/mol. The van der Waals surface area contributed by atoms with Gasteiger partial charge >= 0.3 is 5.97 Å². The molecule has 0 spiro atoms. The van der Waals surface area contributed by atoms with E-state index in [1.54, 1.807) is 4.41 Å². The minimum atomic E-state index is -3.85. The third kappa shape index (κ3) is 6.26. The van der Waals surface area contributed by atoms with E-state index in [9.17, 15) is 22.4 Å². The zero-order valence-corrected chi connectivity index (χ0v) is 24.2. The summed E-state index contributed by atoms with van der Waals surface area (Å²) < 4.78 is 49.3. The van der Waals surface area contributed by atoms with E-state index >= 15 is 0 Å². The summed E-state index contributed by atoms with van der Waals surface area (Å²) in [5, 5.41) is 2.90. The van der Waals surface area contributed by atoms with Gasteiger partial charge in [-0.1, -0.05) is 19.8 Å². The number of rotatable bonds is 9. The van der Waals surface area contributed by atoms with Crippen LogP contribution >= 0.6 is 23.4 Å². The summed E-state index contributed by atoms with van der Waals surface area (Å²) >= 11 is 7.67. The van der Waals surface area contributed by atoms with Gasteiger partial charge in [0.05, 0.1) is 13.0 Å². The Kier molecular flexibility index (Phi) is 10.1. The highest BCUT2D eigenvalue weighted by molar-refractivity contribution is 8.02. The van der Waals surface area contributed by atoms with Crippen molar-refractivity contribution in [3.63, 3.8) is 0 Å². The van der Waals surface area contributed by atoms with Gasteiger partial charge in [-0.2, -0.15) is 0 Å². The van der Waals surface area contributed by atoms with Gasteiger partial charge in [-0.15, -0.1) is 27.8 Å². The van der Waals surface area contributed by atoms with Crippen LogP contribution in [0.15, 0.2) is 0 Å². The first-order chi connectivity index (χ1) is 17.7. The van der Waals surface area contributed by atoms with E-state index in [0.717, 1.165) is 32.1 Å². The summed E-state index contributed by atoms with van der Waals surface area (Å²) in [6, 6.07) is -0.539. The largest absolute Gasteiger partial charge is 0.468 e. The first-order valence-electron chi connectivity index (χ1n) is 13.7. The normalized spacial score (nSPS) is 37.3. The standard InChI is InChI=1S/C25H41ClFN3O5S2/c1-3-4-5-12-29-15-16-9-10-17(28-24(31)22-18(26)7-6-8-19(22)27)14-20(16)30(29)37(33,34)21-11-13-36-23(21)25(32)35-2/h16-23H,3-15H2,1-2H3,(H,28,31). The fraction of sp³-hybridized carbons (Fsp3) is 0.920. The van der Waals surface area contributed by atoms with Crippen LogP contribution in [-0.2, 0) is 24.3 Å². The van der Waals surface area contributed by atoms with E-state index in [1.807, 2.05) is 5.01 Å². The second kappa shape index (κ2) is 12.7. The van der Waals surface area contributed by atoms with Crippen molar-refractivity contribution >= 4 is 45.3 Å². The Morgan fingerprint density at radius 2 is 1.95 bits per heavy atom. The molecule has 0 aromatic heterocycles. The van der Waals surface area contributed by atoms with Gasteiger partial charge in [-0.3, -0.25) is 9.59 Å². The zero-order valence-electron chi connectivity index (χ0n) is 21.8. The molecule has 8 nitrogen and oxygen atoms in total. The highest BCUT2D eigenvalue weighted by Gasteiger charge is 2.54. The number of nitrogens with one attached hydrogen (secondary N) is 1. The van der Waals surface area contributed by atoms with Crippen LogP contribution in [0.4, 0.5) is 4.39 Å². The molecule has 12 heteroatoms. The number of thioether (sulfide) groups is 1. The molecule has 2 heterocycles. The second-order valence-electron chi connectivity index (χ2n) is 10.9. The maximum Gasteiger partial charge on any atom is 0.320 e. The number of fused-ring (bicyclic) bond motifs is 1. The maximum absolute atomic E-state index is 14.6. The Morgan fingerprint density at radius 3 is 2.65 bits per heavy atom. The molecule has 1 N–H and O–H groups in total. The van der Waals surface area contributed by atoms with Crippen LogP contribution in [0.2, 0.25) is 0 Å². The lowest BCUT2D eigenvalue weighted by Crippen LogP contribution is -2.55. The average molecular weight is 582 g/mol. The van der Waals surface area contributed by atoms with Gasteiger partial charge in [0.15, 0.2) is 0 Å². The van der Waals surface area contributed by atoms with Crippen molar-refractivity contribution in [1.29, 1.82) is 0 Å². The monoisotopic (exact) mass is 581 g/mol. The van der Waals surface area contributed by atoms with Gasteiger partial charge in [0.2, 0.25) is 15.9 Å². The molecule has 0 aromatic rings. The molecule has 8 unspecified atom stereocenters. The Hall–Kier alpha value is -0.620. The van der Waals surface area contributed by atoms with Gasteiger partial charge in [0.1, 0.15) is 16.7 Å². The molecule has 2 saturated carbocycles. The molecule has 2 saturated heterocycles. The van der Waals surface area contributed by atoms with Crippen LogP contribution in [0.5, 0.6) is 0 Å². The van der Waals surface area contributed by atoms with Crippen molar-refractivity contribution in [2.75, 3.05) is 26.0 Å². The van der Waals surface area contributed by atoms with Gasteiger partial charge in [-0.25, -0.2) is 17.8 Å². The molecule has 8 atom stereocenters. The van der Waals surface area contributed by atoms with Crippen LogP contribution in [-0.4, -0.2) is 89.8 Å². The lowest BCUT2D eigenvalue weighted by atomic mass is 9.82. The van der Waals surface area contributed by atoms with Gasteiger partial charge in [-0.05, 0) is 63.0 Å². The number of alkyl halides is 2. The molecule has 0 radical (unpaired) electrons. The van der Waals surface area contributed by atoms with Crippen LogP contribution in [0.25, 0.3) is 0 Å². The predicted octanol–water partition coefficient (Wildman–Crippen LogP) is 3.49. The summed E-state index contributed by atoms with van der Waals surface area (Å²) in [6.07, 6.45) is 5.70. The van der Waals surface area contributed by atoms with E-state index in [-0.39, 0.29) is 23.9 Å². The summed E-state index contributed by atoms with van der Waals surface area (Å²) in [5.74, 6) is -0.980. The SMILES string of the molecule is CCCCCN1CC2CCC(NC(=O)C3C(F)CCCC3Cl)CC2N1S(=O)(=O)C1CCSC1C(=O)OC. The molecule has 4 rings (SSSR count). The zero-order chi connectivity index (χ0) is 26.7. The first kappa shape index (κ1) is 29.4. The highest BCUT2D eigenvalue weighted by Crippen LogP contribution is 2.42. The molecule has 0 aromatic carbocycles. The molecule has 212 valence electrons. The van der Waals surface area contributed by atoms with Crippen molar-refractivity contribution < 1.29 is 27.1 Å². The number of carbonyl (C=O) groups excluding carboxylic acids is 2. The number of hydrogen-bond acceptors (Lipinski definition) is 7. The number of unbranched alkanes of at least 4 members (excludes halogenated alkanes) is 2. The van der Waals surface area contributed by atoms with E-state index in [0.29, 0.717) is 50.9 Å². The number of methoxy groups -OCH3 is 1. The van der Waals surface area contributed by atoms with Gasteiger partial charge < -0.3 is 10.1 Å². The first-order valence-corrected chi connectivity index (χ1v) is 16.7. The number of esters is 1. The molecule has 4 aliphatic rings. The number of hydrogen-bond donors (Lipinski definition) is 1. The Morgan fingerprint density at radius 1 is 1.16 bits per heavy atom. The number of hydrazine groups is 1. The summed E-state index contributed by atoms with van der Waals surface area (Å²) in [5.41, 5.74) is 0. The number of ether oxygens (including phenoxy) is 1. The lowest BCUT2D eigenvalue weighted by molar-refractivity contribution is -0.140. The Labute approximate surface area is 229 Å². The van der Waals surface area contributed by atoms with Crippen molar-refractivity contribution in [3.05, 3.63) is 0 Å². The van der Waals surface area contributed by atoms with Crippen LogP contribution < -0.4 is 5.32 Å². The molecular formula is C25H41ClFN3O5S2. The smallest absolute Gasteiger partial charge is 0.320 e.